The normalized spacial score (nSPS) is 21.5. The zero-order valence-corrected chi connectivity index (χ0v) is 12.1. The van der Waals surface area contributed by atoms with Crippen LogP contribution in [-0.2, 0) is 0 Å². The molecule has 1 heterocycles. The SMILES string of the molecule is CNC(c1cccc(OC(F)(F)F)c1)C1CCCCS1. The standard InChI is InChI=1S/C14H18F3NOS/c1-18-13(12-7-2-3-8-20-12)10-5-4-6-11(9-10)19-14(15,16)17/h4-6,9,12-13,18H,2-3,7-8H2,1H3. The Hall–Kier alpha value is -0.880. The number of thioether (sulfide) groups is 1. The van der Waals surface area contributed by atoms with Gasteiger partial charge in [-0.15, -0.1) is 13.2 Å². The molecule has 6 heteroatoms. The number of hydrogen-bond donors (Lipinski definition) is 1. The molecular weight excluding hydrogens is 287 g/mol. The lowest BCUT2D eigenvalue weighted by molar-refractivity contribution is -0.274. The Morgan fingerprint density at radius 3 is 2.75 bits per heavy atom. The first-order valence-corrected chi connectivity index (χ1v) is 7.69. The minimum Gasteiger partial charge on any atom is -0.406 e. The van der Waals surface area contributed by atoms with Gasteiger partial charge in [0.1, 0.15) is 5.75 Å². The molecule has 0 radical (unpaired) electrons. The summed E-state index contributed by atoms with van der Waals surface area (Å²) in [4.78, 5) is 0. The van der Waals surface area contributed by atoms with Gasteiger partial charge in [-0.1, -0.05) is 18.6 Å². The van der Waals surface area contributed by atoms with Gasteiger partial charge in [0.15, 0.2) is 0 Å². The second kappa shape index (κ2) is 6.72. The molecule has 0 saturated carbocycles. The smallest absolute Gasteiger partial charge is 0.406 e. The molecule has 0 amide bonds. The highest BCUT2D eigenvalue weighted by Crippen LogP contribution is 2.36. The molecule has 0 aromatic heterocycles. The fourth-order valence-corrected chi connectivity index (χ4v) is 3.99. The minimum atomic E-state index is -4.65. The van der Waals surface area contributed by atoms with E-state index < -0.39 is 6.36 Å². The Morgan fingerprint density at radius 1 is 1.35 bits per heavy atom. The van der Waals surface area contributed by atoms with Crippen molar-refractivity contribution in [2.45, 2.75) is 36.9 Å². The maximum Gasteiger partial charge on any atom is 0.573 e. The minimum absolute atomic E-state index is 0.0529. The van der Waals surface area contributed by atoms with Crippen molar-refractivity contribution in [2.75, 3.05) is 12.8 Å². The summed E-state index contributed by atoms with van der Waals surface area (Å²) in [5.74, 6) is 0.956. The Labute approximate surface area is 121 Å². The third-order valence-electron chi connectivity index (χ3n) is 3.35. The Kier molecular flexibility index (Phi) is 5.21. The maximum atomic E-state index is 12.3. The van der Waals surface area contributed by atoms with E-state index in [-0.39, 0.29) is 11.8 Å². The number of ether oxygens (including phenoxy) is 1. The van der Waals surface area contributed by atoms with Crippen LogP contribution in [0.25, 0.3) is 0 Å². The van der Waals surface area contributed by atoms with Crippen LogP contribution in [-0.4, -0.2) is 24.4 Å². The molecule has 2 unspecified atom stereocenters. The molecule has 1 aliphatic rings. The average Bonchev–Trinajstić information content (AvgIpc) is 2.39. The van der Waals surface area contributed by atoms with Crippen LogP contribution in [0.3, 0.4) is 0 Å². The van der Waals surface area contributed by atoms with E-state index >= 15 is 0 Å². The van der Waals surface area contributed by atoms with Crippen LogP contribution in [0.1, 0.15) is 30.9 Å². The van der Waals surface area contributed by atoms with Crippen LogP contribution in [0, 0.1) is 0 Å². The molecule has 2 nitrogen and oxygen atoms in total. The molecule has 112 valence electrons. The van der Waals surface area contributed by atoms with Crippen molar-refractivity contribution in [3.05, 3.63) is 29.8 Å². The second-order valence-corrected chi connectivity index (χ2v) is 6.14. The molecule has 1 aromatic rings. The Balaban J connectivity index is 2.14. The lowest BCUT2D eigenvalue weighted by Crippen LogP contribution is -2.29. The van der Waals surface area contributed by atoms with Crippen molar-refractivity contribution in [3.63, 3.8) is 0 Å². The van der Waals surface area contributed by atoms with E-state index in [4.69, 9.17) is 0 Å². The van der Waals surface area contributed by atoms with Crippen molar-refractivity contribution in [3.8, 4) is 5.75 Å². The Morgan fingerprint density at radius 2 is 2.15 bits per heavy atom. The quantitative estimate of drug-likeness (QED) is 0.903. The molecule has 20 heavy (non-hydrogen) atoms. The van der Waals surface area contributed by atoms with Gasteiger partial charge in [0, 0.05) is 11.3 Å². The molecule has 0 spiro atoms. The monoisotopic (exact) mass is 305 g/mol. The predicted octanol–water partition coefficient (Wildman–Crippen LogP) is 4.13. The predicted molar refractivity (Wildman–Crippen MR) is 75.0 cm³/mol. The van der Waals surface area contributed by atoms with Crippen LogP contribution < -0.4 is 10.1 Å². The summed E-state index contributed by atoms with van der Waals surface area (Å²) < 4.78 is 40.8. The van der Waals surface area contributed by atoms with Gasteiger partial charge < -0.3 is 10.1 Å². The van der Waals surface area contributed by atoms with E-state index in [1.807, 2.05) is 24.9 Å². The lowest BCUT2D eigenvalue weighted by atomic mass is 9.99. The average molecular weight is 305 g/mol. The number of rotatable bonds is 4. The third kappa shape index (κ3) is 4.31. The first-order valence-electron chi connectivity index (χ1n) is 6.64. The molecule has 1 saturated heterocycles. The van der Waals surface area contributed by atoms with Gasteiger partial charge >= 0.3 is 6.36 Å². The van der Waals surface area contributed by atoms with E-state index in [9.17, 15) is 13.2 Å². The van der Waals surface area contributed by atoms with Crippen LogP contribution in [0.5, 0.6) is 5.75 Å². The fourth-order valence-electron chi connectivity index (χ4n) is 2.50. The Bertz CT molecular complexity index is 433. The number of benzene rings is 1. The zero-order chi connectivity index (χ0) is 14.6. The fraction of sp³-hybridized carbons (Fsp3) is 0.571. The molecule has 1 N–H and O–H groups in total. The highest BCUT2D eigenvalue weighted by molar-refractivity contribution is 8.00. The van der Waals surface area contributed by atoms with Crippen molar-refractivity contribution in [2.24, 2.45) is 0 Å². The van der Waals surface area contributed by atoms with Gasteiger partial charge in [0.05, 0.1) is 0 Å². The van der Waals surface area contributed by atoms with Crippen LogP contribution in [0.4, 0.5) is 13.2 Å². The van der Waals surface area contributed by atoms with Crippen LogP contribution in [0.15, 0.2) is 24.3 Å². The molecule has 2 atom stereocenters. The zero-order valence-electron chi connectivity index (χ0n) is 11.2. The highest BCUT2D eigenvalue weighted by Gasteiger charge is 2.31. The number of nitrogens with one attached hydrogen (secondary N) is 1. The molecule has 2 rings (SSSR count). The molecule has 1 aliphatic heterocycles. The van der Waals surface area contributed by atoms with Crippen molar-refractivity contribution in [1.29, 1.82) is 0 Å². The maximum absolute atomic E-state index is 12.3. The summed E-state index contributed by atoms with van der Waals surface area (Å²) in [7, 11) is 1.84. The first-order chi connectivity index (χ1) is 9.49. The van der Waals surface area contributed by atoms with E-state index in [0.29, 0.717) is 5.25 Å². The third-order valence-corrected chi connectivity index (χ3v) is 4.81. The van der Waals surface area contributed by atoms with Gasteiger partial charge in [0.2, 0.25) is 0 Å². The summed E-state index contributed by atoms with van der Waals surface area (Å²) >= 11 is 1.88. The molecule has 0 bridgehead atoms. The van der Waals surface area contributed by atoms with E-state index in [2.05, 4.69) is 10.1 Å². The molecule has 1 aromatic carbocycles. The van der Waals surface area contributed by atoms with Crippen molar-refractivity contribution in [1.82, 2.24) is 5.32 Å². The van der Waals surface area contributed by atoms with Gasteiger partial charge in [-0.3, -0.25) is 0 Å². The molecule has 0 aliphatic carbocycles. The van der Waals surface area contributed by atoms with E-state index in [0.717, 1.165) is 17.7 Å². The van der Waals surface area contributed by atoms with E-state index in [1.54, 1.807) is 6.07 Å². The van der Waals surface area contributed by atoms with Gasteiger partial charge in [-0.25, -0.2) is 0 Å². The largest absolute Gasteiger partial charge is 0.573 e. The number of alkyl halides is 3. The summed E-state index contributed by atoms with van der Waals surface area (Å²) in [6.45, 7) is 0. The molecule has 1 fully saturated rings. The van der Waals surface area contributed by atoms with Crippen molar-refractivity contribution < 1.29 is 17.9 Å². The topological polar surface area (TPSA) is 21.3 Å². The number of hydrogen-bond acceptors (Lipinski definition) is 3. The summed E-state index contributed by atoms with van der Waals surface area (Å²) in [5.41, 5.74) is 0.841. The summed E-state index contributed by atoms with van der Waals surface area (Å²) in [6.07, 6.45) is -1.17. The van der Waals surface area contributed by atoms with Gasteiger partial charge in [-0.2, -0.15) is 11.8 Å². The van der Waals surface area contributed by atoms with Crippen LogP contribution in [0.2, 0.25) is 0 Å². The van der Waals surface area contributed by atoms with Gasteiger partial charge in [-0.05, 0) is 43.3 Å². The highest BCUT2D eigenvalue weighted by atomic mass is 32.2. The second-order valence-electron chi connectivity index (χ2n) is 4.79. The molecular formula is C14H18F3NOS. The van der Waals surface area contributed by atoms with Crippen LogP contribution >= 0.6 is 11.8 Å². The summed E-state index contributed by atoms with van der Waals surface area (Å²) in [6, 6.07) is 6.31. The van der Waals surface area contributed by atoms with Gasteiger partial charge in [0.25, 0.3) is 0 Å². The lowest BCUT2D eigenvalue weighted by Gasteiger charge is -2.30. The first kappa shape index (κ1) is 15.5. The number of halogens is 3. The summed E-state index contributed by atoms with van der Waals surface area (Å²) in [5, 5.41) is 3.62. The van der Waals surface area contributed by atoms with Crippen molar-refractivity contribution >= 4 is 11.8 Å². The van der Waals surface area contributed by atoms with E-state index in [1.165, 1.54) is 25.0 Å².